The van der Waals surface area contributed by atoms with Crippen LogP contribution in [0.4, 0.5) is 0 Å². The zero-order valence-corrected chi connectivity index (χ0v) is 12.2. The van der Waals surface area contributed by atoms with Crippen molar-refractivity contribution >= 4 is 42.6 Å². The van der Waals surface area contributed by atoms with Crippen LogP contribution in [-0.4, -0.2) is 10.7 Å². The molecule has 84 valence electrons. The largest absolute Gasteiger partial charge is 0.0924 e. The van der Waals surface area contributed by atoms with Crippen molar-refractivity contribution in [2.45, 2.75) is 12.8 Å². The Hall–Kier alpha value is -0.340. The Bertz CT molecular complexity index is 436. The number of hydrogen-bond acceptors (Lipinski definition) is 0. The molecule has 0 unspecified atom stereocenters. The molecule has 0 radical (unpaired) electrons. The van der Waals surface area contributed by atoms with E-state index in [-0.39, 0.29) is 0 Å². The van der Waals surface area contributed by atoms with Crippen molar-refractivity contribution < 1.29 is 0 Å². The van der Waals surface area contributed by atoms with Gasteiger partial charge in [0.1, 0.15) is 0 Å². The molecular weight excluding hydrogens is 328 g/mol. The van der Waals surface area contributed by atoms with E-state index in [4.69, 9.17) is 0 Å². The highest BCUT2D eigenvalue weighted by Crippen LogP contribution is 2.24. The van der Waals surface area contributed by atoms with Crippen molar-refractivity contribution in [3.05, 3.63) is 47.5 Å². The summed E-state index contributed by atoms with van der Waals surface area (Å²) in [5, 5.41) is 4.85. The molecule has 2 heteroatoms. The van der Waals surface area contributed by atoms with E-state index in [9.17, 15) is 0 Å². The zero-order valence-electron chi connectivity index (χ0n) is 9.05. The Balaban J connectivity index is 2.61. The van der Waals surface area contributed by atoms with Crippen molar-refractivity contribution in [1.82, 2.24) is 0 Å². The van der Waals surface area contributed by atoms with E-state index in [0.29, 0.717) is 0 Å². The van der Waals surface area contributed by atoms with Gasteiger partial charge in [0.25, 0.3) is 0 Å². The smallest absolute Gasteiger partial charge is 0.00720 e. The average Bonchev–Trinajstić information content (AvgIpc) is 2.30. The lowest BCUT2D eigenvalue weighted by molar-refractivity contribution is 1.15. The van der Waals surface area contributed by atoms with Gasteiger partial charge in [-0.15, -0.1) is 0 Å². The summed E-state index contributed by atoms with van der Waals surface area (Å²) in [5.74, 6) is 0. The van der Waals surface area contributed by atoms with E-state index in [1.54, 1.807) is 0 Å². The van der Waals surface area contributed by atoms with Crippen LogP contribution in [0.5, 0.6) is 0 Å². The maximum atomic E-state index is 3.53. The predicted molar refractivity (Wildman–Crippen MR) is 78.9 cm³/mol. The summed E-state index contributed by atoms with van der Waals surface area (Å²) in [6, 6.07) is 13.2. The van der Waals surface area contributed by atoms with E-state index in [2.05, 4.69) is 68.3 Å². The van der Waals surface area contributed by atoms with Gasteiger partial charge in [0.2, 0.25) is 0 Å². The second kappa shape index (κ2) is 5.83. The summed E-state index contributed by atoms with van der Waals surface area (Å²) in [5.41, 5.74) is 2.90. The van der Waals surface area contributed by atoms with Crippen LogP contribution >= 0.6 is 31.9 Å². The first-order chi connectivity index (χ1) is 7.86. The Labute approximate surface area is 113 Å². The monoisotopic (exact) mass is 340 g/mol. The van der Waals surface area contributed by atoms with Crippen LogP contribution in [-0.2, 0) is 12.8 Å². The van der Waals surface area contributed by atoms with E-state index in [1.165, 1.54) is 21.9 Å². The molecule has 0 atom stereocenters. The first kappa shape index (κ1) is 12.1. The number of alkyl halides is 2. The minimum atomic E-state index is 1.02. The first-order valence-electron chi connectivity index (χ1n) is 5.48. The minimum Gasteiger partial charge on any atom is -0.0924 e. The normalized spacial score (nSPS) is 10.9. The third kappa shape index (κ3) is 2.49. The third-order valence-corrected chi connectivity index (χ3v) is 3.60. The highest BCUT2D eigenvalue weighted by atomic mass is 79.9. The van der Waals surface area contributed by atoms with Gasteiger partial charge in [0.05, 0.1) is 0 Å². The molecule has 0 amide bonds. The number of benzene rings is 2. The van der Waals surface area contributed by atoms with Gasteiger partial charge in [0.15, 0.2) is 0 Å². The van der Waals surface area contributed by atoms with Gasteiger partial charge in [-0.3, -0.25) is 0 Å². The molecule has 0 aromatic heterocycles. The summed E-state index contributed by atoms with van der Waals surface area (Å²) in [6.07, 6.45) is 2.19. The quantitative estimate of drug-likeness (QED) is 0.706. The summed E-state index contributed by atoms with van der Waals surface area (Å²) < 4.78 is 0. The van der Waals surface area contributed by atoms with Crippen molar-refractivity contribution in [2.75, 3.05) is 10.7 Å². The molecular formula is C14H14Br2. The minimum absolute atomic E-state index is 1.02. The van der Waals surface area contributed by atoms with Crippen LogP contribution in [0.1, 0.15) is 11.1 Å². The van der Waals surface area contributed by atoms with E-state index in [1.807, 2.05) is 0 Å². The fourth-order valence-electron chi connectivity index (χ4n) is 2.12. The summed E-state index contributed by atoms with van der Waals surface area (Å²) in [7, 11) is 0. The van der Waals surface area contributed by atoms with E-state index in [0.717, 1.165) is 23.5 Å². The number of aryl methyl sites for hydroxylation is 2. The molecule has 2 rings (SSSR count). The molecule has 0 aliphatic carbocycles. The van der Waals surface area contributed by atoms with Crippen molar-refractivity contribution in [3.8, 4) is 0 Å². The van der Waals surface area contributed by atoms with Crippen LogP contribution in [0, 0.1) is 0 Å². The van der Waals surface area contributed by atoms with Gasteiger partial charge >= 0.3 is 0 Å². The molecule has 0 saturated heterocycles. The lowest BCUT2D eigenvalue weighted by atomic mass is 9.97. The topological polar surface area (TPSA) is 0 Å². The summed E-state index contributed by atoms with van der Waals surface area (Å²) in [6.45, 7) is 0. The Morgan fingerprint density at radius 1 is 0.750 bits per heavy atom. The van der Waals surface area contributed by atoms with Crippen LogP contribution in [0.3, 0.4) is 0 Å². The molecule has 16 heavy (non-hydrogen) atoms. The zero-order chi connectivity index (χ0) is 11.4. The average molecular weight is 342 g/mol. The lowest BCUT2D eigenvalue weighted by Crippen LogP contribution is -1.94. The van der Waals surface area contributed by atoms with Gasteiger partial charge in [-0.05, 0) is 34.7 Å². The molecule has 0 saturated carbocycles. The molecule has 0 N–H and O–H groups in total. The van der Waals surface area contributed by atoms with Crippen molar-refractivity contribution in [2.24, 2.45) is 0 Å². The number of fused-ring (bicyclic) bond motifs is 1. The molecule has 0 bridgehead atoms. The van der Waals surface area contributed by atoms with Crippen molar-refractivity contribution in [1.29, 1.82) is 0 Å². The number of rotatable bonds is 4. The highest BCUT2D eigenvalue weighted by molar-refractivity contribution is 9.09. The Morgan fingerprint density at radius 2 is 1.25 bits per heavy atom. The van der Waals surface area contributed by atoms with Gasteiger partial charge in [0, 0.05) is 10.7 Å². The van der Waals surface area contributed by atoms with E-state index >= 15 is 0 Å². The number of halogens is 2. The van der Waals surface area contributed by atoms with E-state index < -0.39 is 0 Å². The number of hydrogen-bond donors (Lipinski definition) is 0. The molecule has 0 nitrogen and oxygen atoms in total. The van der Waals surface area contributed by atoms with Gasteiger partial charge in [-0.2, -0.15) is 0 Å². The van der Waals surface area contributed by atoms with Crippen LogP contribution in [0.25, 0.3) is 10.8 Å². The lowest BCUT2D eigenvalue weighted by Gasteiger charge is -2.10. The second-order valence-corrected chi connectivity index (χ2v) is 5.40. The fourth-order valence-corrected chi connectivity index (χ4v) is 2.98. The third-order valence-electron chi connectivity index (χ3n) is 2.80. The molecule has 0 fully saturated rings. The van der Waals surface area contributed by atoms with Gasteiger partial charge < -0.3 is 0 Å². The standard InChI is InChI=1S/C14H14Br2/c15-9-7-12-5-1-3-11-4-2-6-13(8-10-16)14(11)12/h1-6H,7-10H2. The van der Waals surface area contributed by atoms with Crippen LogP contribution in [0.15, 0.2) is 36.4 Å². The SMILES string of the molecule is BrCCc1cccc2cccc(CCBr)c12. The second-order valence-electron chi connectivity index (χ2n) is 3.81. The molecule has 2 aromatic carbocycles. The van der Waals surface area contributed by atoms with Crippen LogP contribution in [0.2, 0.25) is 0 Å². The first-order valence-corrected chi connectivity index (χ1v) is 7.72. The fraction of sp³-hybridized carbons (Fsp3) is 0.286. The molecule has 0 heterocycles. The van der Waals surface area contributed by atoms with Gasteiger partial charge in [-0.1, -0.05) is 68.3 Å². The maximum Gasteiger partial charge on any atom is 0.00720 e. The molecule has 0 aliphatic heterocycles. The highest BCUT2D eigenvalue weighted by Gasteiger charge is 2.05. The Morgan fingerprint density at radius 3 is 1.69 bits per heavy atom. The van der Waals surface area contributed by atoms with Gasteiger partial charge in [-0.25, -0.2) is 0 Å². The molecule has 0 spiro atoms. The maximum absolute atomic E-state index is 3.53. The molecule has 0 aliphatic rings. The predicted octanol–water partition coefficient (Wildman–Crippen LogP) is 4.71. The summed E-state index contributed by atoms with van der Waals surface area (Å²) in [4.78, 5) is 0. The molecule has 2 aromatic rings. The Kier molecular flexibility index (Phi) is 4.42. The summed E-state index contributed by atoms with van der Waals surface area (Å²) >= 11 is 7.05. The van der Waals surface area contributed by atoms with Crippen molar-refractivity contribution in [3.63, 3.8) is 0 Å². The van der Waals surface area contributed by atoms with Crippen LogP contribution < -0.4 is 0 Å².